The highest BCUT2D eigenvalue weighted by atomic mass is 32.2. The number of rotatable bonds is 6. The second-order valence-corrected chi connectivity index (χ2v) is 9.14. The third-order valence-corrected chi connectivity index (χ3v) is 6.66. The number of carbonyl (C=O) groups is 1. The van der Waals surface area contributed by atoms with Crippen LogP contribution in [-0.4, -0.2) is 44.5 Å². The maximum atomic E-state index is 12.8. The van der Waals surface area contributed by atoms with Gasteiger partial charge in [-0.1, -0.05) is 0 Å². The summed E-state index contributed by atoms with van der Waals surface area (Å²) in [4.78, 5) is 12.2. The van der Waals surface area contributed by atoms with Gasteiger partial charge >= 0.3 is 12.4 Å². The fourth-order valence-corrected chi connectivity index (χ4v) is 4.68. The van der Waals surface area contributed by atoms with Gasteiger partial charge < -0.3 is 10.1 Å². The Bertz CT molecular complexity index is 1110. The van der Waals surface area contributed by atoms with E-state index in [4.69, 9.17) is 4.74 Å². The molecule has 1 amide bonds. The summed E-state index contributed by atoms with van der Waals surface area (Å²) in [7, 11) is -3.96. The van der Waals surface area contributed by atoms with Crippen molar-refractivity contribution in [3.05, 3.63) is 53.6 Å². The summed E-state index contributed by atoms with van der Waals surface area (Å²) >= 11 is 0. The topological polar surface area (TPSA) is 75.7 Å². The second kappa shape index (κ2) is 9.21. The van der Waals surface area contributed by atoms with E-state index in [2.05, 4.69) is 5.32 Å². The molecule has 0 spiro atoms. The van der Waals surface area contributed by atoms with Crippen LogP contribution < -0.4 is 10.1 Å². The van der Waals surface area contributed by atoms with Crippen LogP contribution in [0.3, 0.4) is 0 Å². The van der Waals surface area contributed by atoms with Gasteiger partial charge in [0, 0.05) is 18.7 Å². The minimum absolute atomic E-state index is 0.224. The van der Waals surface area contributed by atoms with Gasteiger partial charge in [0.2, 0.25) is 10.0 Å². The Kier molecular flexibility index (Phi) is 6.93. The minimum atomic E-state index is -4.70. The van der Waals surface area contributed by atoms with E-state index in [1.807, 2.05) is 0 Å². The first-order valence-electron chi connectivity index (χ1n) is 9.60. The predicted octanol–water partition coefficient (Wildman–Crippen LogP) is 4.68. The lowest BCUT2D eigenvalue weighted by Crippen LogP contribution is -2.28. The molecule has 3 rings (SSSR count). The number of anilines is 1. The van der Waals surface area contributed by atoms with Crippen LogP contribution in [0.25, 0.3) is 0 Å². The number of carbonyl (C=O) groups excluding carboxylic acids is 1. The molecule has 2 aromatic rings. The molecule has 1 aliphatic rings. The van der Waals surface area contributed by atoms with Crippen LogP contribution in [0, 0.1) is 0 Å². The number of sulfonamides is 1. The van der Waals surface area contributed by atoms with E-state index in [0.29, 0.717) is 25.0 Å². The van der Waals surface area contributed by atoms with Crippen LogP contribution >= 0.6 is 0 Å². The summed E-state index contributed by atoms with van der Waals surface area (Å²) in [5.41, 5.74) is -1.59. The Labute approximate surface area is 185 Å². The van der Waals surface area contributed by atoms with Gasteiger partial charge in [-0.05, 0) is 55.3 Å². The van der Waals surface area contributed by atoms with Crippen LogP contribution in [-0.2, 0) is 16.2 Å². The first kappa shape index (κ1) is 24.8. The molecule has 1 saturated heterocycles. The zero-order valence-corrected chi connectivity index (χ0v) is 17.6. The van der Waals surface area contributed by atoms with Gasteiger partial charge in [0.1, 0.15) is 5.75 Å². The van der Waals surface area contributed by atoms with Gasteiger partial charge in [-0.2, -0.15) is 30.6 Å². The first-order chi connectivity index (χ1) is 15.3. The molecule has 0 unspecified atom stereocenters. The molecule has 6 nitrogen and oxygen atoms in total. The van der Waals surface area contributed by atoms with E-state index in [1.54, 1.807) is 0 Å². The van der Waals surface area contributed by atoms with Crippen LogP contribution in [0.1, 0.15) is 28.8 Å². The lowest BCUT2D eigenvalue weighted by molar-refractivity contribution is -0.153. The van der Waals surface area contributed by atoms with Crippen molar-refractivity contribution in [1.29, 1.82) is 0 Å². The Balaban J connectivity index is 1.91. The van der Waals surface area contributed by atoms with E-state index in [1.165, 1.54) is 4.31 Å². The first-order valence-corrected chi connectivity index (χ1v) is 11.0. The summed E-state index contributed by atoms with van der Waals surface area (Å²) in [5.74, 6) is -1.41. The summed E-state index contributed by atoms with van der Waals surface area (Å²) < 4.78 is 107. The van der Waals surface area contributed by atoms with Gasteiger partial charge in [-0.3, -0.25) is 4.79 Å². The maximum absolute atomic E-state index is 12.8. The van der Waals surface area contributed by atoms with Gasteiger partial charge in [-0.15, -0.1) is 0 Å². The van der Waals surface area contributed by atoms with Crippen molar-refractivity contribution >= 4 is 21.6 Å². The van der Waals surface area contributed by atoms with Crippen molar-refractivity contribution in [2.45, 2.75) is 30.1 Å². The quantitative estimate of drug-likeness (QED) is 0.590. The van der Waals surface area contributed by atoms with Crippen molar-refractivity contribution in [3.8, 4) is 5.75 Å². The Morgan fingerprint density at radius 1 is 0.970 bits per heavy atom. The van der Waals surface area contributed by atoms with E-state index in [9.17, 15) is 39.6 Å². The van der Waals surface area contributed by atoms with Crippen molar-refractivity contribution in [3.63, 3.8) is 0 Å². The molecule has 1 fully saturated rings. The van der Waals surface area contributed by atoms with Crippen LogP contribution in [0.15, 0.2) is 47.4 Å². The molecule has 0 bridgehead atoms. The number of ether oxygens (including phenoxy) is 1. The SMILES string of the molecule is O=C(Nc1cc(S(=O)(=O)N2CCCC2)ccc1OCC(F)(F)F)c1ccc(C(F)(F)F)cc1. The number of alkyl halides is 6. The van der Waals surface area contributed by atoms with Crippen LogP contribution in [0.4, 0.5) is 32.0 Å². The van der Waals surface area contributed by atoms with E-state index >= 15 is 0 Å². The molecule has 0 atom stereocenters. The van der Waals surface area contributed by atoms with Gasteiger partial charge in [0.05, 0.1) is 16.1 Å². The fraction of sp³-hybridized carbons (Fsp3) is 0.350. The summed E-state index contributed by atoms with van der Waals surface area (Å²) in [6.07, 6.45) is -8.01. The fourth-order valence-electron chi connectivity index (χ4n) is 3.14. The molecule has 13 heteroatoms. The summed E-state index contributed by atoms with van der Waals surface area (Å²) in [6.45, 7) is -1.14. The molecular formula is C20H18F6N2O4S. The zero-order valence-electron chi connectivity index (χ0n) is 16.8. The van der Waals surface area contributed by atoms with Crippen LogP contribution in [0.2, 0.25) is 0 Å². The lowest BCUT2D eigenvalue weighted by atomic mass is 10.1. The van der Waals surface area contributed by atoms with Crippen molar-refractivity contribution in [2.24, 2.45) is 0 Å². The van der Waals surface area contributed by atoms with E-state index in [-0.39, 0.29) is 29.2 Å². The highest BCUT2D eigenvalue weighted by Gasteiger charge is 2.32. The number of hydrogen-bond acceptors (Lipinski definition) is 4. The van der Waals surface area contributed by atoms with Gasteiger partial charge in [-0.25, -0.2) is 8.42 Å². The number of hydrogen-bond donors (Lipinski definition) is 1. The maximum Gasteiger partial charge on any atom is 0.422 e. The average Bonchev–Trinajstić information content (AvgIpc) is 3.27. The summed E-state index contributed by atoms with van der Waals surface area (Å²) in [5, 5.41) is 2.23. The molecule has 0 radical (unpaired) electrons. The highest BCUT2D eigenvalue weighted by Crippen LogP contribution is 2.33. The predicted molar refractivity (Wildman–Crippen MR) is 105 cm³/mol. The largest absolute Gasteiger partial charge is 0.482 e. The number of benzene rings is 2. The normalized spacial score (nSPS) is 15.5. The molecule has 180 valence electrons. The van der Waals surface area contributed by atoms with Crippen molar-refractivity contribution < 1.29 is 44.3 Å². The zero-order chi connectivity index (χ0) is 24.4. The van der Waals surface area contributed by atoms with Gasteiger partial charge in [0.25, 0.3) is 5.91 Å². The summed E-state index contributed by atoms with van der Waals surface area (Å²) in [6, 6.07) is 6.12. The van der Waals surface area contributed by atoms with E-state index < -0.39 is 46.2 Å². The molecule has 1 heterocycles. The van der Waals surface area contributed by atoms with Crippen LogP contribution in [0.5, 0.6) is 5.75 Å². The van der Waals surface area contributed by atoms with Crippen molar-refractivity contribution in [2.75, 3.05) is 25.0 Å². The number of nitrogens with zero attached hydrogens (tertiary/aromatic N) is 1. The second-order valence-electron chi connectivity index (χ2n) is 7.20. The molecular weight excluding hydrogens is 478 g/mol. The Hall–Kier alpha value is -2.80. The van der Waals surface area contributed by atoms with Crippen molar-refractivity contribution in [1.82, 2.24) is 4.31 Å². The minimum Gasteiger partial charge on any atom is -0.482 e. The lowest BCUT2D eigenvalue weighted by Gasteiger charge is -2.18. The number of halogens is 6. The molecule has 33 heavy (non-hydrogen) atoms. The molecule has 1 aliphatic heterocycles. The Morgan fingerprint density at radius 3 is 2.12 bits per heavy atom. The molecule has 0 aliphatic carbocycles. The molecule has 1 N–H and O–H groups in total. The average molecular weight is 496 g/mol. The Morgan fingerprint density at radius 2 is 1.58 bits per heavy atom. The smallest absolute Gasteiger partial charge is 0.422 e. The number of amides is 1. The highest BCUT2D eigenvalue weighted by molar-refractivity contribution is 7.89. The van der Waals surface area contributed by atoms with Gasteiger partial charge in [0.15, 0.2) is 6.61 Å². The van der Waals surface area contributed by atoms with E-state index in [0.717, 1.165) is 30.3 Å². The third-order valence-electron chi connectivity index (χ3n) is 4.77. The standard InChI is InChI=1S/C20H18F6N2O4S/c21-19(22,23)12-32-17-8-7-15(33(30,31)28-9-1-2-10-28)11-16(17)27-18(29)13-3-5-14(6-4-13)20(24,25)26/h3-8,11H,1-2,9-10,12H2,(H,27,29). The monoisotopic (exact) mass is 496 g/mol. The molecule has 0 saturated carbocycles. The third kappa shape index (κ3) is 6.16. The molecule has 2 aromatic carbocycles. The number of nitrogens with one attached hydrogen (secondary N) is 1. The molecule has 0 aromatic heterocycles.